The summed E-state index contributed by atoms with van der Waals surface area (Å²) in [5.41, 5.74) is 0. The molecule has 1 atom stereocenters. The molecule has 0 aromatic rings. The van der Waals surface area contributed by atoms with Crippen LogP contribution in [0.1, 0.15) is 0 Å². The van der Waals surface area contributed by atoms with Crippen molar-refractivity contribution in [1.82, 2.24) is 0 Å². The van der Waals surface area contributed by atoms with Gasteiger partial charge in [-0.15, -0.1) is 0 Å². The fourth-order valence-corrected chi connectivity index (χ4v) is 1.85. The van der Waals surface area contributed by atoms with E-state index in [-0.39, 0.29) is 6.61 Å². The van der Waals surface area contributed by atoms with Crippen molar-refractivity contribution < 1.29 is 18.1 Å². The Morgan fingerprint density at radius 1 is 1.56 bits per heavy atom. The Hall–Kier alpha value is 0.350. The molecule has 4 nitrogen and oxygen atoms in total. The van der Waals surface area contributed by atoms with E-state index in [0.29, 0.717) is 0 Å². The third-order valence-corrected chi connectivity index (χ3v) is 2.46. The van der Waals surface area contributed by atoms with E-state index in [4.69, 9.17) is 9.66 Å². The summed E-state index contributed by atoms with van der Waals surface area (Å²) < 4.78 is 28.2. The number of hydrogen-bond donors (Lipinski definition) is 2. The first kappa shape index (κ1) is 9.35. The van der Waals surface area contributed by atoms with Crippen LogP contribution in [0.4, 0.5) is 0 Å². The molecule has 0 aliphatic carbocycles. The molecule has 6 heteroatoms. The second-order valence-corrected chi connectivity index (χ2v) is 4.32. The number of rotatable bonds is 3. The fourth-order valence-electron chi connectivity index (χ4n) is 0.281. The first-order valence-electron chi connectivity index (χ1n) is 2.16. The van der Waals surface area contributed by atoms with Gasteiger partial charge in [-0.1, -0.05) is 15.9 Å². The van der Waals surface area contributed by atoms with Crippen LogP contribution in [0.25, 0.3) is 0 Å². The lowest BCUT2D eigenvalue weighted by Crippen LogP contribution is -2.17. The highest BCUT2D eigenvalue weighted by Gasteiger charge is 2.11. The molecular weight excluding hydrogens is 212 g/mol. The second kappa shape index (κ2) is 3.50. The molecule has 0 rings (SSSR count). The van der Waals surface area contributed by atoms with Crippen LogP contribution >= 0.6 is 15.9 Å². The van der Waals surface area contributed by atoms with Crippen LogP contribution in [0.2, 0.25) is 0 Å². The molecule has 0 bridgehead atoms. The topological polar surface area (TPSA) is 74.6 Å². The molecule has 0 aliphatic heterocycles. The van der Waals surface area contributed by atoms with Gasteiger partial charge in [-0.2, -0.15) is 8.42 Å². The van der Waals surface area contributed by atoms with Crippen LogP contribution in [0, 0.1) is 0 Å². The highest BCUT2D eigenvalue weighted by atomic mass is 79.9. The number of aliphatic hydroxyl groups excluding tert-OH is 1. The van der Waals surface area contributed by atoms with Gasteiger partial charge in [0, 0.05) is 0 Å². The fraction of sp³-hybridized carbons (Fsp3) is 1.00. The SMILES string of the molecule is O=S(=O)(O)CC(Br)CO. The molecule has 0 aromatic carbocycles. The lowest BCUT2D eigenvalue weighted by atomic mass is 10.5. The van der Waals surface area contributed by atoms with Gasteiger partial charge in [0.25, 0.3) is 10.1 Å². The van der Waals surface area contributed by atoms with Crippen molar-refractivity contribution in [2.75, 3.05) is 12.4 Å². The molecule has 0 saturated heterocycles. The number of hydrogen-bond acceptors (Lipinski definition) is 3. The van der Waals surface area contributed by atoms with Gasteiger partial charge in [-0.25, -0.2) is 0 Å². The van der Waals surface area contributed by atoms with Crippen LogP contribution < -0.4 is 0 Å². The molecule has 0 aliphatic rings. The maximum atomic E-state index is 10.0. The van der Waals surface area contributed by atoms with E-state index < -0.39 is 20.7 Å². The van der Waals surface area contributed by atoms with E-state index >= 15 is 0 Å². The Bertz CT molecular complexity index is 163. The molecule has 0 saturated carbocycles. The normalized spacial score (nSPS) is 15.4. The Kier molecular flexibility index (Phi) is 3.64. The number of halogens is 1. The summed E-state index contributed by atoms with van der Waals surface area (Å²) in [5.74, 6) is -0.455. The van der Waals surface area contributed by atoms with Gasteiger partial charge in [-0.05, 0) is 0 Å². The molecule has 1 unspecified atom stereocenters. The summed E-state index contributed by atoms with van der Waals surface area (Å²) >= 11 is 2.82. The van der Waals surface area contributed by atoms with E-state index in [1.54, 1.807) is 0 Å². The molecule has 0 heterocycles. The summed E-state index contributed by atoms with van der Waals surface area (Å²) in [7, 11) is -3.94. The Morgan fingerprint density at radius 2 is 2.00 bits per heavy atom. The lowest BCUT2D eigenvalue weighted by Gasteiger charge is -2.00. The van der Waals surface area contributed by atoms with Crippen LogP contribution in [0.15, 0.2) is 0 Å². The average molecular weight is 219 g/mol. The first-order valence-corrected chi connectivity index (χ1v) is 4.68. The van der Waals surface area contributed by atoms with Crippen LogP contribution in [0.3, 0.4) is 0 Å². The maximum Gasteiger partial charge on any atom is 0.266 e. The summed E-state index contributed by atoms with van der Waals surface area (Å²) in [6, 6.07) is 0. The minimum absolute atomic E-state index is 0.306. The van der Waals surface area contributed by atoms with Crippen molar-refractivity contribution in [3.05, 3.63) is 0 Å². The van der Waals surface area contributed by atoms with Gasteiger partial charge < -0.3 is 5.11 Å². The predicted octanol–water partition coefficient (Wildman–Crippen LogP) is -0.370. The minimum Gasteiger partial charge on any atom is -0.395 e. The highest BCUT2D eigenvalue weighted by molar-refractivity contribution is 9.09. The molecule has 0 radical (unpaired) electrons. The zero-order chi connectivity index (χ0) is 7.49. The smallest absolute Gasteiger partial charge is 0.266 e. The monoisotopic (exact) mass is 218 g/mol. The Balaban J connectivity index is 3.75. The van der Waals surface area contributed by atoms with Crippen LogP contribution in [-0.2, 0) is 10.1 Å². The zero-order valence-electron chi connectivity index (χ0n) is 4.49. The molecule has 0 aromatic heterocycles. The summed E-state index contributed by atoms with van der Waals surface area (Å²) in [6.07, 6.45) is 0. The molecule has 2 N–H and O–H groups in total. The third-order valence-electron chi connectivity index (χ3n) is 0.590. The van der Waals surface area contributed by atoms with Gasteiger partial charge in [0.15, 0.2) is 0 Å². The summed E-state index contributed by atoms with van der Waals surface area (Å²) in [4.78, 5) is -0.576. The van der Waals surface area contributed by atoms with Crippen molar-refractivity contribution >= 4 is 26.0 Å². The van der Waals surface area contributed by atoms with Gasteiger partial charge in [0.1, 0.15) is 0 Å². The number of aliphatic hydroxyl groups is 1. The molecule has 56 valence electrons. The number of alkyl halides is 1. The van der Waals surface area contributed by atoms with Crippen molar-refractivity contribution in [3.8, 4) is 0 Å². The largest absolute Gasteiger partial charge is 0.395 e. The van der Waals surface area contributed by atoms with Gasteiger partial charge in [0.05, 0.1) is 17.2 Å². The van der Waals surface area contributed by atoms with E-state index in [1.807, 2.05) is 0 Å². The summed E-state index contributed by atoms with van der Waals surface area (Å²) in [6.45, 7) is -0.306. The molecule has 9 heavy (non-hydrogen) atoms. The van der Waals surface area contributed by atoms with E-state index in [9.17, 15) is 8.42 Å². The van der Waals surface area contributed by atoms with Crippen molar-refractivity contribution in [2.24, 2.45) is 0 Å². The van der Waals surface area contributed by atoms with Gasteiger partial charge in [0.2, 0.25) is 0 Å². The second-order valence-electron chi connectivity index (χ2n) is 1.53. The molecule has 0 spiro atoms. The maximum absolute atomic E-state index is 10.0. The minimum atomic E-state index is -3.94. The Morgan fingerprint density at radius 3 is 2.11 bits per heavy atom. The van der Waals surface area contributed by atoms with E-state index in [1.165, 1.54) is 0 Å². The highest BCUT2D eigenvalue weighted by Crippen LogP contribution is 2.00. The lowest BCUT2D eigenvalue weighted by molar-refractivity contribution is 0.301. The quantitative estimate of drug-likeness (QED) is 0.501. The van der Waals surface area contributed by atoms with E-state index in [2.05, 4.69) is 15.9 Å². The zero-order valence-corrected chi connectivity index (χ0v) is 6.89. The van der Waals surface area contributed by atoms with Crippen LogP contribution in [0.5, 0.6) is 0 Å². The molecule has 0 fully saturated rings. The van der Waals surface area contributed by atoms with Gasteiger partial charge in [-0.3, -0.25) is 4.55 Å². The van der Waals surface area contributed by atoms with Gasteiger partial charge >= 0.3 is 0 Å². The molecule has 0 amide bonds. The summed E-state index contributed by atoms with van der Waals surface area (Å²) in [5, 5.41) is 8.28. The van der Waals surface area contributed by atoms with E-state index in [0.717, 1.165) is 0 Å². The standard InChI is InChI=1S/C3H7BrO4S/c4-3(1-5)2-9(6,7)8/h3,5H,1-2H2,(H,6,7,8). The molecular formula is C3H7BrO4S. The third kappa shape index (κ3) is 6.23. The van der Waals surface area contributed by atoms with Crippen molar-refractivity contribution in [3.63, 3.8) is 0 Å². The van der Waals surface area contributed by atoms with Crippen molar-refractivity contribution in [2.45, 2.75) is 4.83 Å². The first-order chi connectivity index (χ1) is 3.95. The van der Waals surface area contributed by atoms with Crippen molar-refractivity contribution in [1.29, 1.82) is 0 Å². The predicted molar refractivity (Wildman–Crippen MR) is 36.2 cm³/mol. The Labute approximate surface area is 61.8 Å². The average Bonchev–Trinajstić information content (AvgIpc) is 1.62. The van der Waals surface area contributed by atoms with Crippen LogP contribution in [-0.4, -0.2) is 35.3 Å².